The summed E-state index contributed by atoms with van der Waals surface area (Å²) in [6.07, 6.45) is 3.90. The van der Waals surface area contributed by atoms with E-state index < -0.39 is 0 Å². The molecule has 1 N–H and O–H groups in total. The Morgan fingerprint density at radius 3 is 2.75 bits per heavy atom. The molecule has 2 saturated carbocycles. The maximum atomic E-state index is 10.7. The summed E-state index contributed by atoms with van der Waals surface area (Å²) >= 11 is 1.22. The summed E-state index contributed by atoms with van der Waals surface area (Å²) in [5.41, 5.74) is 1.80. The first-order valence-corrected chi connectivity index (χ1v) is 8.18. The fourth-order valence-corrected chi connectivity index (χ4v) is 5.03. The number of rotatable bonds is 4. The third-order valence-corrected chi connectivity index (χ3v) is 7.10. The van der Waals surface area contributed by atoms with Crippen LogP contribution in [0.15, 0.2) is 11.4 Å². The van der Waals surface area contributed by atoms with Crippen LogP contribution in [-0.4, -0.2) is 11.0 Å². The fraction of sp³-hybridized carbons (Fsp3) is 0.733. The molecule has 110 valence electrons. The van der Waals surface area contributed by atoms with Gasteiger partial charge in [-0.3, -0.25) is 10.1 Å². The van der Waals surface area contributed by atoms with Crippen molar-refractivity contribution >= 4 is 16.3 Å². The van der Waals surface area contributed by atoms with Crippen LogP contribution in [0.5, 0.6) is 0 Å². The zero-order valence-corrected chi connectivity index (χ0v) is 13.1. The van der Waals surface area contributed by atoms with Crippen molar-refractivity contribution in [1.82, 2.24) is 5.32 Å². The smallest absolute Gasteiger partial charge is 0.309 e. The minimum atomic E-state index is -0.309. The highest BCUT2D eigenvalue weighted by Crippen LogP contribution is 2.65. The quantitative estimate of drug-likeness (QED) is 0.675. The third-order valence-electron chi connectivity index (χ3n) is 6.17. The van der Waals surface area contributed by atoms with Crippen molar-refractivity contribution in [2.75, 3.05) is 0 Å². The Hall–Kier alpha value is -0.940. The number of nitrogens with one attached hydrogen (secondary N) is 1. The first kappa shape index (κ1) is 14.0. The predicted molar refractivity (Wildman–Crippen MR) is 80.8 cm³/mol. The molecular formula is C15H22N2O2S. The molecule has 1 aromatic rings. The van der Waals surface area contributed by atoms with Crippen LogP contribution in [0.4, 0.5) is 5.00 Å². The van der Waals surface area contributed by atoms with Crippen molar-refractivity contribution in [2.24, 2.45) is 16.7 Å². The molecule has 0 saturated heterocycles. The van der Waals surface area contributed by atoms with Gasteiger partial charge in [-0.2, -0.15) is 0 Å². The average molecular weight is 294 g/mol. The van der Waals surface area contributed by atoms with Gasteiger partial charge >= 0.3 is 5.00 Å². The normalized spacial score (nSPS) is 34.5. The van der Waals surface area contributed by atoms with E-state index >= 15 is 0 Å². The van der Waals surface area contributed by atoms with Crippen LogP contribution in [0.25, 0.3) is 0 Å². The van der Waals surface area contributed by atoms with Crippen LogP contribution in [0, 0.1) is 26.9 Å². The molecule has 1 heterocycles. The zero-order chi connectivity index (χ0) is 14.5. The highest BCUT2D eigenvalue weighted by Gasteiger charge is 2.60. The Morgan fingerprint density at radius 1 is 1.50 bits per heavy atom. The molecule has 3 unspecified atom stereocenters. The molecule has 0 radical (unpaired) electrons. The molecular weight excluding hydrogens is 272 g/mol. The number of fused-ring (bicyclic) bond motifs is 2. The predicted octanol–water partition coefficient (Wildman–Crippen LogP) is 3.96. The van der Waals surface area contributed by atoms with E-state index in [0.29, 0.717) is 16.9 Å². The summed E-state index contributed by atoms with van der Waals surface area (Å²) < 4.78 is 0. The lowest BCUT2D eigenvalue weighted by molar-refractivity contribution is -0.380. The largest absolute Gasteiger partial charge is 0.324 e. The second-order valence-corrected chi connectivity index (χ2v) is 7.98. The Bertz CT molecular complexity index is 540. The average Bonchev–Trinajstić information content (AvgIpc) is 2.98. The molecule has 1 aromatic heterocycles. The summed E-state index contributed by atoms with van der Waals surface area (Å²) in [6.45, 7) is 7.96. The molecule has 2 fully saturated rings. The molecule has 3 atom stereocenters. The van der Waals surface area contributed by atoms with E-state index in [4.69, 9.17) is 0 Å². The van der Waals surface area contributed by atoms with Crippen LogP contribution >= 0.6 is 11.3 Å². The first-order chi connectivity index (χ1) is 9.34. The second kappa shape index (κ2) is 4.53. The summed E-state index contributed by atoms with van der Waals surface area (Å²) in [6, 6.07) is 2.23. The van der Waals surface area contributed by atoms with Gasteiger partial charge in [-0.25, -0.2) is 0 Å². The van der Waals surface area contributed by atoms with Crippen LogP contribution in [0.3, 0.4) is 0 Å². The van der Waals surface area contributed by atoms with E-state index in [1.54, 1.807) is 6.07 Å². The Labute approximate surface area is 123 Å². The van der Waals surface area contributed by atoms with Gasteiger partial charge in [-0.15, -0.1) is 0 Å². The van der Waals surface area contributed by atoms with E-state index in [1.807, 2.05) is 5.38 Å². The SMILES string of the molecule is CC1(C)C2CCC1(C)C(NCc1csc([N+](=O)[O-])c1)C2. The third kappa shape index (κ3) is 1.91. The number of hydrogen-bond acceptors (Lipinski definition) is 4. The van der Waals surface area contributed by atoms with E-state index in [-0.39, 0.29) is 9.92 Å². The van der Waals surface area contributed by atoms with E-state index in [0.717, 1.165) is 18.0 Å². The van der Waals surface area contributed by atoms with Crippen molar-refractivity contribution in [3.05, 3.63) is 27.1 Å². The summed E-state index contributed by atoms with van der Waals surface area (Å²) in [5.74, 6) is 0.821. The lowest BCUT2D eigenvalue weighted by atomic mass is 9.69. The van der Waals surface area contributed by atoms with Gasteiger partial charge in [-0.05, 0) is 41.6 Å². The van der Waals surface area contributed by atoms with Crippen LogP contribution in [-0.2, 0) is 6.54 Å². The molecule has 0 aromatic carbocycles. The maximum absolute atomic E-state index is 10.7. The number of nitrogens with zero attached hydrogens (tertiary/aromatic N) is 1. The molecule has 2 bridgehead atoms. The van der Waals surface area contributed by atoms with Gasteiger partial charge in [0.15, 0.2) is 0 Å². The number of nitro groups is 1. The lowest BCUT2D eigenvalue weighted by Crippen LogP contribution is -2.44. The van der Waals surface area contributed by atoms with Gasteiger partial charge in [0.2, 0.25) is 0 Å². The lowest BCUT2D eigenvalue weighted by Gasteiger charge is -2.39. The van der Waals surface area contributed by atoms with Gasteiger partial charge < -0.3 is 5.32 Å². The molecule has 3 rings (SSSR count). The van der Waals surface area contributed by atoms with Gasteiger partial charge in [-0.1, -0.05) is 32.1 Å². The Balaban J connectivity index is 1.66. The molecule has 0 aliphatic heterocycles. The zero-order valence-electron chi connectivity index (χ0n) is 12.3. The summed E-state index contributed by atoms with van der Waals surface area (Å²) in [7, 11) is 0. The Kier molecular flexibility index (Phi) is 3.18. The highest BCUT2D eigenvalue weighted by atomic mass is 32.1. The van der Waals surface area contributed by atoms with Crippen LogP contribution in [0.2, 0.25) is 0 Å². The van der Waals surface area contributed by atoms with Crippen molar-refractivity contribution in [3.63, 3.8) is 0 Å². The van der Waals surface area contributed by atoms with Gasteiger partial charge in [0.25, 0.3) is 0 Å². The van der Waals surface area contributed by atoms with Crippen LogP contribution in [0.1, 0.15) is 45.6 Å². The molecule has 5 heteroatoms. The van der Waals surface area contributed by atoms with Crippen LogP contribution < -0.4 is 5.32 Å². The molecule has 20 heavy (non-hydrogen) atoms. The first-order valence-electron chi connectivity index (χ1n) is 7.30. The van der Waals surface area contributed by atoms with E-state index in [2.05, 4.69) is 26.1 Å². The summed E-state index contributed by atoms with van der Waals surface area (Å²) in [5, 5.41) is 16.5. The standard InChI is InChI=1S/C15H22N2O2S/c1-14(2)11-4-5-15(14,3)12(7-11)16-8-10-6-13(17(18)19)20-9-10/h6,9,11-12,16H,4-5,7-8H2,1-3H3. The number of hydrogen-bond donors (Lipinski definition) is 1. The topological polar surface area (TPSA) is 55.2 Å². The van der Waals surface area contributed by atoms with E-state index in [1.165, 1.54) is 30.6 Å². The summed E-state index contributed by atoms with van der Waals surface area (Å²) in [4.78, 5) is 10.4. The van der Waals surface area contributed by atoms with Gasteiger partial charge in [0.05, 0.1) is 4.92 Å². The minimum absolute atomic E-state index is 0.237. The van der Waals surface area contributed by atoms with Crippen molar-refractivity contribution in [1.29, 1.82) is 0 Å². The molecule has 2 aliphatic rings. The van der Waals surface area contributed by atoms with Crippen molar-refractivity contribution in [2.45, 2.75) is 52.6 Å². The maximum Gasteiger partial charge on any atom is 0.324 e. The monoisotopic (exact) mass is 294 g/mol. The van der Waals surface area contributed by atoms with Gasteiger partial charge in [0, 0.05) is 24.0 Å². The molecule has 4 nitrogen and oxygen atoms in total. The Morgan fingerprint density at radius 2 is 2.25 bits per heavy atom. The highest BCUT2D eigenvalue weighted by molar-refractivity contribution is 7.13. The second-order valence-electron chi connectivity index (χ2n) is 7.09. The minimum Gasteiger partial charge on any atom is -0.309 e. The molecule has 0 amide bonds. The van der Waals surface area contributed by atoms with Crippen molar-refractivity contribution in [3.8, 4) is 0 Å². The number of thiophene rings is 1. The van der Waals surface area contributed by atoms with Gasteiger partial charge in [0.1, 0.15) is 0 Å². The van der Waals surface area contributed by atoms with E-state index in [9.17, 15) is 10.1 Å². The van der Waals surface area contributed by atoms with Crippen molar-refractivity contribution < 1.29 is 4.92 Å². The molecule has 2 aliphatic carbocycles. The fourth-order valence-electron chi connectivity index (χ4n) is 4.30. The molecule has 0 spiro atoms.